The first-order valence-corrected chi connectivity index (χ1v) is 7.86. The van der Waals surface area contributed by atoms with E-state index in [1.54, 1.807) is 45.6 Å². The van der Waals surface area contributed by atoms with Gasteiger partial charge in [-0.1, -0.05) is 0 Å². The Hall–Kier alpha value is -2.69. The van der Waals surface area contributed by atoms with Gasteiger partial charge in [0.1, 0.15) is 5.75 Å². The van der Waals surface area contributed by atoms with Gasteiger partial charge in [0.15, 0.2) is 11.5 Å². The van der Waals surface area contributed by atoms with Crippen LogP contribution >= 0.6 is 0 Å². The Bertz CT molecular complexity index is 740. The topological polar surface area (TPSA) is 56.8 Å². The predicted octanol–water partition coefficient (Wildman–Crippen LogP) is 3.13. The van der Waals surface area contributed by atoms with Crippen molar-refractivity contribution in [2.75, 3.05) is 21.3 Å². The highest BCUT2D eigenvalue weighted by atomic mass is 16.5. The van der Waals surface area contributed by atoms with E-state index in [1.807, 2.05) is 12.1 Å². The van der Waals surface area contributed by atoms with Crippen molar-refractivity contribution in [2.45, 2.75) is 18.9 Å². The number of hydrogen-bond donors (Lipinski definition) is 1. The standard InChI is InChI=1S/C19H21NO4/c1-22-14-7-4-12(5-8-14)19(21)20-16-9-6-13-10-17(23-2)18(24-3)11-15(13)16/h4-5,7-8,10-11,16H,6,9H2,1-3H3,(H,20,21). The number of fused-ring (bicyclic) bond motifs is 1. The van der Waals surface area contributed by atoms with Crippen LogP contribution in [0.4, 0.5) is 0 Å². The van der Waals surface area contributed by atoms with Crippen molar-refractivity contribution < 1.29 is 19.0 Å². The zero-order valence-corrected chi connectivity index (χ0v) is 14.1. The van der Waals surface area contributed by atoms with Gasteiger partial charge < -0.3 is 19.5 Å². The minimum Gasteiger partial charge on any atom is -0.497 e. The van der Waals surface area contributed by atoms with Crippen molar-refractivity contribution in [1.82, 2.24) is 5.32 Å². The summed E-state index contributed by atoms with van der Waals surface area (Å²) in [6.45, 7) is 0. The van der Waals surface area contributed by atoms with E-state index in [4.69, 9.17) is 14.2 Å². The molecule has 0 saturated heterocycles. The fourth-order valence-electron chi connectivity index (χ4n) is 3.07. The molecule has 1 aliphatic rings. The average Bonchev–Trinajstić information content (AvgIpc) is 3.02. The minimum absolute atomic E-state index is 0.0191. The lowest BCUT2D eigenvalue weighted by atomic mass is 10.1. The SMILES string of the molecule is COc1ccc(C(=O)NC2CCc3cc(OC)c(OC)cc32)cc1. The zero-order chi connectivity index (χ0) is 17.1. The number of benzene rings is 2. The highest BCUT2D eigenvalue weighted by Gasteiger charge is 2.26. The third-order valence-electron chi connectivity index (χ3n) is 4.38. The Morgan fingerprint density at radius 2 is 1.67 bits per heavy atom. The number of carbonyl (C=O) groups is 1. The molecule has 1 unspecified atom stereocenters. The summed E-state index contributed by atoms with van der Waals surface area (Å²) in [5, 5.41) is 3.10. The third-order valence-corrected chi connectivity index (χ3v) is 4.38. The van der Waals surface area contributed by atoms with Crippen LogP contribution in [0.1, 0.15) is 33.9 Å². The molecule has 0 spiro atoms. The van der Waals surface area contributed by atoms with Crippen LogP contribution in [0, 0.1) is 0 Å². The summed E-state index contributed by atoms with van der Waals surface area (Å²) >= 11 is 0. The number of aryl methyl sites for hydroxylation is 1. The van der Waals surface area contributed by atoms with Crippen molar-refractivity contribution in [2.24, 2.45) is 0 Å². The largest absolute Gasteiger partial charge is 0.497 e. The highest BCUT2D eigenvalue weighted by Crippen LogP contribution is 2.39. The average molecular weight is 327 g/mol. The smallest absolute Gasteiger partial charge is 0.251 e. The molecule has 0 heterocycles. The molecule has 24 heavy (non-hydrogen) atoms. The third kappa shape index (κ3) is 3.02. The van der Waals surface area contributed by atoms with Crippen LogP contribution in [0.2, 0.25) is 0 Å². The van der Waals surface area contributed by atoms with Gasteiger partial charge in [-0.15, -0.1) is 0 Å². The molecule has 1 atom stereocenters. The molecule has 5 nitrogen and oxygen atoms in total. The van der Waals surface area contributed by atoms with Gasteiger partial charge in [0.05, 0.1) is 27.4 Å². The summed E-state index contributed by atoms with van der Waals surface area (Å²) < 4.78 is 15.8. The first-order chi connectivity index (χ1) is 11.7. The number of hydrogen-bond acceptors (Lipinski definition) is 4. The van der Waals surface area contributed by atoms with E-state index >= 15 is 0 Å². The molecule has 1 N–H and O–H groups in total. The Morgan fingerprint density at radius 3 is 2.29 bits per heavy atom. The fourth-order valence-corrected chi connectivity index (χ4v) is 3.07. The van der Waals surface area contributed by atoms with E-state index in [1.165, 1.54) is 5.56 Å². The second-order valence-corrected chi connectivity index (χ2v) is 5.70. The van der Waals surface area contributed by atoms with E-state index in [0.717, 1.165) is 29.9 Å². The lowest BCUT2D eigenvalue weighted by molar-refractivity contribution is 0.0936. The van der Waals surface area contributed by atoms with Crippen molar-refractivity contribution in [3.8, 4) is 17.2 Å². The normalized spacial score (nSPS) is 15.5. The molecule has 0 aromatic heterocycles. The molecule has 1 amide bonds. The van der Waals surface area contributed by atoms with E-state index in [0.29, 0.717) is 11.3 Å². The van der Waals surface area contributed by atoms with Crippen LogP contribution in [0.3, 0.4) is 0 Å². The van der Waals surface area contributed by atoms with Crippen LogP contribution < -0.4 is 19.5 Å². The lowest BCUT2D eigenvalue weighted by Crippen LogP contribution is -2.27. The van der Waals surface area contributed by atoms with Gasteiger partial charge in [-0.05, 0) is 60.4 Å². The first kappa shape index (κ1) is 16.2. The summed E-state index contributed by atoms with van der Waals surface area (Å²) in [7, 11) is 4.85. The molecular weight excluding hydrogens is 306 g/mol. The van der Waals surface area contributed by atoms with Gasteiger partial charge in [0, 0.05) is 5.56 Å². The van der Waals surface area contributed by atoms with Crippen LogP contribution in [0.25, 0.3) is 0 Å². The fraction of sp³-hybridized carbons (Fsp3) is 0.316. The van der Waals surface area contributed by atoms with Crippen molar-refractivity contribution >= 4 is 5.91 Å². The van der Waals surface area contributed by atoms with Gasteiger partial charge in [0.2, 0.25) is 0 Å². The molecule has 0 bridgehead atoms. The minimum atomic E-state index is -0.0923. The number of carbonyl (C=O) groups excluding carboxylic acids is 1. The second kappa shape index (κ2) is 6.83. The summed E-state index contributed by atoms with van der Waals surface area (Å²) in [6, 6.07) is 11.0. The van der Waals surface area contributed by atoms with E-state index in [9.17, 15) is 4.79 Å². The van der Waals surface area contributed by atoms with Crippen molar-refractivity contribution in [1.29, 1.82) is 0 Å². The molecule has 0 aliphatic heterocycles. The Labute approximate surface area is 141 Å². The first-order valence-electron chi connectivity index (χ1n) is 7.86. The molecule has 2 aromatic carbocycles. The Morgan fingerprint density at radius 1 is 1.00 bits per heavy atom. The lowest BCUT2D eigenvalue weighted by Gasteiger charge is -2.16. The van der Waals surface area contributed by atoms with Crippen LogP contribution in [-0.4, -0.2) is 27.2 Å². The summed E-state index contributed by atoms with van der Waals surface area (Å²) in [5.41, 5.74) is 2.90. The Balaban J connectivity index is 1.79. The molecule has 126 valence electrons. The quantitative estimate of drug-likeness (QED) is 0.917. The molecule has 0 radical (unpaired) electrons. The van der Waals surface area contributed by atoms with E-state index < -0.39 is 0 Å². The molecular formula is C19H21NO4. The second-order valence-electron chi connectivity index (χ2n) is 5.70. The molecule has 1 aliphatic carbocycles. The molecule has 0 fully saturated rings. The summed E-state index contributed by atoms with van der Waals surface area (Å²) in [4.78, 5) is 12.5. The van der Waals surface area contributed by atoms with Crippen LogP contribution in [0.5, 0.6) is 17.2 Å². The number of ether oxygens (including phenoxy) is 3. The zero-order valence-electron chi connectivity index (χ0n) is 14.1. The van der Waals surface area contributed by atoms with Crippen LogP contribution in [0.15, 0.2) is 36.4 Å². The maximum Gasteiger partial charge on any atom is 0.251 e. The van der Waals surface area contributed by atoms with E-state index in [-0.39, 0.29) is 11.9 Å². The van der Waals surface area contributed by atoms with Crippen molar-refractivity contribution in [3.05, 3.63) is 53.1 Å². The van der Waals surface area contributed by atoms with Gasteiger partial charge >= 0.3 is 0 Å². The predicted molar refractivity (Wildman–Crippen MR) is 91.1 cm³/mol. The van der Waals surface area contributed by atoms with Gasteiger partial charge in [0.25, 0.3) is 5.91 Å². The molecule has 0 saturated carbocycles. The number of rotatable bonds is 5. The molecule has 2 aromatic rings. The highest BCUT2D eigenvalue weighted by molar-refractivity contribution is 5.94. The van der Waals surface area contributed by atoms with Gasteiger partial charge in [-0.25, -0.2) is 0 Å². The number of methoxy groups -OCH3 is 3. The van der Waals surface area contributed by atoms with Crippen molar-refractivity contribution in [3.63, 3.8) is 0 Å². The number of nitrogens with one attached hydrogen (secondary N) is 1. The maximum atomic E-state index is 12.5. The molecule has 3 rings (SSSR count). The summed E-state index contributed by atoms with van der Waals surface area (Å²) in [6.07, 6.45) is 1.77. The Kier molecular flexibility index (Phi) is 4.60. The van der Waals surface area contributed by atoms with Crippen LogP contribution in [-0.2, 0) is 6.42 Å². The van der Waals surface area contributed by atoms with Gasteiger partial charge in [-0.3, -0.25) is 4.79 Å². The number of amides is 1. The van der Waals surface area contributed by atoms with E-state index in [2.05, 4.69) is 5.32 Å². The maximum absolute atomic E-state index is 12.5. The van der Waals surface area contributed by atoms with Gasteiger partial charge in [-0.2, -0.15) is 0 Å². The molecule has 5 heteroatoms. The monoisotopic (exact) mass is 327 g/mol. The summed E-state index contributed by atoms with van der Waals surface area (Å²) in [5.74, 6) is 2.04.